The number of para-hydroxylation sites is 1. The van der Waals surface area contributed by atoms with Crippen LogP contribution in [0, 0.1) is 6.92 Å². The van der Waals surface area contributed by atoms with Crippen molar-refractivity contribution in [1.82, 2.24) is 9.88 Å². The number of thiazole rings is 1. The van der Waals surface area contributed by atoms with Crippen molar-refractivity contribution in [3.05, 3.63) is 69.7 Å². The van der Waals surface area contributed by atoms with Gasteiger partial charge in [0.2, 0.25) is 0 Å². The highest BCUT2D eigenvalue weighted by Crippen LogP contribution is 2.34. The number of phenolic OH excluding ortho intramolecular Hbond substituents is 1. The van der Waals surface area contributed by atoms with Gasteiger partial charge in [-0.05, 0) is 31.9 Å². The van der Waals surface area contributed by atoms with Crippen molar-refractivity contribution in [2.45, 2.75) is 32.4 Å². The molecular weight excluding hydrogens is 420 g/mol. The number of hydrogen-bond donors (Lipinski definition) is 1. The fourth-order valence-corrected chi connectivity index (χ4v) is 4.95. The monoisotopic (exact) mass is 442 g/mol. The molecule has 3 aromatic rings. The van der Waals surface area contributed by atoms with Crippen molar-refractivity contribution < 1.29 is 14.6 Å². The van der Waals surface area contributed by atoms with E-state index in [1.807, 2.05) is 43.3 Å². The Morgan fingerprint density at radius 2 is 2.03 bits per heavy atom. The number of phenols is 1. The molecule has 1 saturated heterocycles. The van der Waals surface area contributed by atoms with Crippen LogP contribution >= 0.6 is 22.9 Å². The second-order valence-corrected chi connectivity index (χ2v) is 8.77. The van der Waals surface area contributed by atoms with E-state index in [-0.39, 0.29) is 17.8 Å². The average Bonchev–Trinajstić information content (AvgIpc) is 3.38. The Kier molecular flexibility index (Phi) is 6.37. The molecule has 1 aliphatic heterocycles. The van der Waals surface area contributed by atoms with Crippen molar-refractivity contribution in [1.29, 1.82) is 0 Å². The standard InChI is InChI=1S/C23H23ClN2O3S/c1-15-21(30-22(25-15)18-9-3-4-10-19(18)24)23(28)26(14-17-8-6-12-29-17)13-16-7-2-5-11-20(16)27/h2-5,7,9-11,17,27H,6,8,12-14H2,1H3. The largest absolute Gasteiger partial charge is 0.508 e. The molecule has 1 N–H and O–H groups in total. The van der Waals surface area contributed by atoms with Crippen LogP contribution in [0.5, 0.6) is 5.75 Å². The Morgan fingerprint density at radius 3 is 2.77 bits per heavy atom. The Bertz CT molecular complexity index is 1050. The fraction of sp³-hybridized carbons (Fsp3) is 0.304. The number of aryl methyl sites for hydroxylation is 1. The predicted molar refractivity (Wildman–Crippen MR) is 119 cm³/mol. The van der Waals surface area contributed by atoms with Gasteiger partial charge in [-0.25, -0.2) is 4.98 Å². The molecule has 4 rings (SSSR count). The van der Waals surface area contributed by atoms with Crippen molar-refractivity contribution in [3.63, 3.8) is 0 Å². The molecule has 0 aliphatic carbocycles. The van der Waals surface area contributed by atoms with Crippen molar-refractivity contribution >= 4 is 28.8 Å². The number of ether oxygens (including phenoxy) is 1. The van der Waals surface area contributed by atoms with Crippen LogP contribution in [0.1, 0.15) is 33.8 Å². The van der Waals surface area contributed by atoms with E-state index in [0.717, 1.165) is 30.0 Å². The third kappa shape index (κ3) is 4.51. The maximum Gasteiger partial charge on any atom is 0.266 e. The summed E-state index contributed by atoms with van der Waals surface area (Å²) < 4.78 is 5.77. The molecule has 1 amide bonds. The first-order chi connectivity index (χ1) is 14.5. The fourth-order valence-electron chi connectivity index (χ4n) is 3.59. The van der Waals surface area contributed by atoms with Crippen LogP contribution in [0.25, 0.3) is 10.6 Å². The molecule has 0 spiro atoms. The minimum atomic E-state index is -0.109. The van der Waals surface area contributed by atoms with Crippen LogP contribution in [0.2, 0.25) is 5.02 Å². The van der Waals surface area contributed by atoms with Crippen molar-refractivity contribution in [2.24, 2.45) is 0 Å². The summed E-state index contributed by atoms with van der Waals surface area (Å²) in [6, 6.07) is 14.6. The SMILES string of the molecule is Cc1nc(-c2ccccc2Cl)sc1C(=O)N(Cc1ccccc1O)CC1CCCO1. The van der Waals surface area contributed by atoms with Gasteiger partial charge in [-0.1, -0.05) is 48.0 Å². The number of aromatic hydroxyl groups is 1. The number of nitrogens with zero attached hydrogens (tertiary/aromatic N) is 2. The zero-order chi connectivity index (χ0) is 21.1. The van der Waals surface area contributed by atoms with Gasteiger partial charge in [-0.15, -0.1) is 11.3 Å². The maximum absolute atomic E-state index is 13.5. The highest BCUT2D eigenvalue weighted by molar-refractivity contribution is 7.17. The maximum atomic E-state index is 13.5. The van der Waals surface area contributed by atoms with Crippen LogP contribution in [-0.2, 0) is 11.3 Å². The van der Waals surface area contributed by atoms with Crippen molar-refractivity contribution in [3.8, 4) is 16.3 Å². The molecule has 30 heavy (non-hydrogen) atoms. The lowest BCUT2D eigenvalue weighted by molar-refractivity contribution is 0.0508. The molecule has 1 fully saturated rings. The number of benzene rings is 2. The third-order valence-electron chi connectivity index (χ3n) is 5.18. The summed E-state index contributed by atoms with van der Waals surface area (Å²) in [5.74, 6) is 0.0717. The zero-order valence-corrected chi connectivity index (χ0v) is 18.2. The van der Waals surface area contributed by atoms with Gasteiger partial charge < -0.3 is 14.7 Å². The van der Waals surface area contributed by atoms with Crippen LogP contribution < -0.4 is 0 Å². The summed E-state index contributed by atoms with van der Waals surface area (Å²) in [5.41, 5.74) is 2.20. The molecule has 0 saturated carbocycles. The predicted octanol–water partition coefficient (Wildman–Crippen LogP) is 5.30. The second-order valence-electron chi connectivity index (χ2n) is 7.36. The van der Waals surface area contributed by atoms with E-state index in [2.05, 4.69) is 4.98 Å². The molecule has 0 radical (unpaired) electrons. The Morgan fingerprint density at radius 1 is 1.27 bits per heavy atom. The summed E-state index contributed by atoms with van der Waals surface area (Å²) >= 11 is 7.67. The third-order valence-corrected chi connectivity index (χ3v) is 6.69. The smallest absolute Gasteiger partial charge is 0.266 e. The molecule has 156 valence electrons. The Balaban J connectivity index is 1.64. The van der Waals surface area contributed by atoms with E-state index in [1.165, 1.54) is 11.3 Å². The molecule has 1 unspecified atom stereocenters. The van der Waals surface area contributed by atoms with E-state index in [0.29, 0.717) is 34.2 Å². The molecule has 1 aromatic heterocycles. The van der Waals surface area contributed by atoms with E-state index in [9.17, 15) is 9.90 Å². The summed E-state index contributed by atoms with van der Waals surface area (Å²) in [4.78, 5) is 20.5. The van der Waals surface area contributed by atoms with Gasteiger partial charge in [0.25, 0.3) is 5.91 Å². The lowest BCUT2D eigenvalue weighted by Crippen LogP contribution is -2.36. The molecule has 5 nitrogen and oxygen atoms in total. The van der Waals surface area contributed by atoms with Gasteiger partial charge in [0, 0.05) is 30.8 Å². The molecule has 7 heteroatoms. The summed E-state index contributed by atoms with van der Waals surface area (Å²) in [6.07, 6.45) is 1.94. The number of rotatable bonds is 6. The van der Waals surface area contributed by atoms with E-state index in [1.54, 1.807) is 17.0 Å². The zero-order valence-electron chi connectivity index (χ0n) is 16.7. The van der Waals surface area contributed by atoms with Gasteiger partial charge in [0.15, 0.2) is 0 Å². The summed E-state index contributed by atoms with van der Waals surface area (Å²) in [7, 11) is 0. The van der Waals surface area contributed by atoms with Gasteiger partial charge in [0.1, 0.15) is 15.6 Å². The number of hydrogen-bond acceptors (Lipinski definition) is 5. The molecule has 1 aliphatic rings. The topological polar surface area (TPSA) is 62.7 Å². The minimum Gasteiger partial charge on any atom is -0.508 e. The summed E-state index contributed by atoms with van der Waals surface area (Å²) in [6.45, 7) is 3.35. The van der Waals surface area contributed by atoms with E-state index in [4.69, 9.17) is 16.3 Å². The number of amides is 1. The van der Waals surface area contributed by atoms with Crippen LogP contribution in [-0.4, -0.2) is 40.2 Å². The van der Waals surface area contributed by atoms with Crippen molar-refractivity contribution in [2.75, 3.05) is 13.2 Å². The van der Waals surface area contributed by atoms with Crippen LogP contribution in [0.3, 0.4) is 0 Å². The first-order valence-electron chi connectivity index (χ1n) is 9.93. The highest BCUT2D eigenvalue weighted by atomic mass is 35.5. The molecule has 2 heterocycles. The van der Waals surface area contributed by atoms with E-state index < -0.39 is 0 Å². The summed E-state index contributed by atoms with van der Waals surface area (Å²) in [5, 5.41) is 11.5. The molecule has 1 atom stereocenters. The number of halogens is 1. The minimum absolute atomic E-state index is 0.0103. The first kappa shape index (κ1) is 20.8. The number of aromatic nitrogens is 1. The lowest BCUT2D eigenvalue weighted by atomic mass is 10.1. The normalized spacial score (nSPS) is 16.0. The van der Waals surface area contributed by atoms with Gasteiger partial charge in [-0.3, -0.25) is 4.79 Å². The number of carbonyl (C=O) groups is 1. The Labute approximate surface area is 184 Å². The Hall–Kier alpha value is -2.41. The van der Waals surface area contributed by atoms with Gasteiger partial charge in [-0.2, -0.15) is 0 Å². The van der Waals surface area contributed by atoms with Crippen LogP contribution in [0.15, 0.2) is 48.5 Å². The average molecular weight is 443 g/mol. The number of carbonyl (C=O) groups excluding carboxylic acids is 1. The first-order valence-corrected chi connectivity index (χ1v) is 11.1. The molecular formula is C23H23ClN2O3S. The lowest BCUT2D eigenvalue weighted by Gasteiger charge is -2.25. The molecule has 0 bridgehead atoms. The molecule has 2 aromatic carbocycles. The van der Waals surface area contributed by atoms with Crippen LogP contribution in [0.4, 0.5) is 0 Å². The quantitative estimate of drug-likeness (QED) is 0.562. The van der Waals surface area contributed by atoms with Gasteiger partial charge in [0.05, 0.1) is 16.8 Å². The second kappa shape index (κ2) is 9.16. The van der Waals surface area contributed by atoms with E-state index >= 15 is 0 Å². The highest BCUT2D eigenvalue weighted by Gasteiger charge is 2.27. The van der Waals surface area contributed by atoms with Gasteiger partial charge >= 0.3 is 0 Å².